The zero-order valence-corrected chi connectivity index (χ0v) is 23.2. The molecule has 7 nitrogen and oxygen atoms in total. The van der Waals surface area contributed by atoms with Gasteiger partial charge in [0.25, 0.3) is 0 Å². The number of rotatable bonds is 12. The van der Waals surface area contributed by atoms with Crippen molar-refractivity contribution < 1.29 is 35.2 Å². The van der Waals surface area contributed by atoms with Crippen LogP contribution in [0, 0.1) is 5.92 Å². The van der Waals surface area contributed by atoms with Crippen LogP contribution in [0.2, 0.25) is 5.02 Å². The smallest absolute Gasteiger partial charge is 0.360 e. The maximum atomic E-state index is 13.3. The molecule has 0 aromatic heterocycles. The molecular weight excluding hydrogens is 567 g/mol. The number of hydrogen-bond acceptors (Lipinski definition) is 5. The van der Waals surface area contributed by atoms with Crippen molar-refractivity contribution >= 4 is 33.4 Å². The molecule has 1 aliphatic carbocycles. The molecule has 1 aromatic carbocycles. The monoisotopic (exact) mass is 598 g/mol. The maximum Gasteiger partial charge on any atom is 0.390 e. The van der Waals surface area contributed by atoms with Crippen molar-refractivity contribution in [3.05, 3.63) is 47.1 Å². The Morgan fingerprint density at radius 2 is 1.85 bits per heavy atom. The van der Waals surface area contributed by atoms with Crippen molar-refractivity contribution in [2.75, 3.05) is 12.3 Å². The fraction of sp³-hybridized carbons (Fsp3) is 0.600. The average molecular weight is 599 g/mol. The van der Waals surface area contributed by atoms with Gasteiger partial charge in [0.15, 0.2) is 0 Å². The largest absolute Gasteiger partial charge is 0.390 e. The van der Waals surface area contributed by atoms with Crippen molar-refractivity contribution in [3.8, 4) is 0 Å². The molecule has 1 atom stereocenters. The van der Waals surface area contributed by atoms with E-state index in [-0.39, 0.29) is 25.1 Å². The second-order valence-corrected chi connectivity index (χ2v) is 12.9. The summed E-state index contributed by atoms with van der Waals surface area (Å²) in [6, 6.07) is 5.61. The van der Waals surface area contributed by atoms with Gasteiger partial charge in [-0.1, -0.05) is 30.3 Å². The van der Waals surface area contributed by atoms with Crippen LogP contribution < -0.4 is 10.6 Å². The van der Waals surface area contributed by atoms with E-state index < -0.39 is 77.1 Å². The number of amidine groups is 1. The summed E-state index contributed by atoms with van der Waals surface area (Å²) >= 11 is 5.93. The third kappa shape index (κ3) is 8.79. The summed E-state index contributed by atoms with van der Waals surface area (Å²) in [6.07, 6.45) is -6.26. The van der Waals surface area contributed by atoms with Gasteiger partial charge in [-0.05, 0) is 43.9 Å². The number of amides is 1. The van der Waals surface area contributed by atoms with Crippen LogP contribution in [0.1, 0.15) is 51.5 Å². The Bertz CT molecular complexity index is 1200. The number of alkyl halides is 5. The molecule has 1 aromatic rings. The lowest BCUT2D eigenvalue weighted by molar-refractivity contribution is -0.136. The molecule has 1 amide bonds. The van der Waals surface area contributed by atoms with Gasteiger partial charge in [-0.2, -0.15) is 13.2 Å². The number of allylic oxidation sites excluding steroid dienone is 1. The Labute approximate surface area is 229 Å². The van der Waals surface area contributed by atoms with E-state index in [0.717, 1.165) is 4.31 Å². The van der Waals surface area contributed by atoms with Gasteiger partial charge < -0.3 is 10.6 Å². The van der Waals surface area contributed by atoms with E-state index in [2.05, 4.69) is 22.2 Å². The summed E-state index contributed by atoms with van der Waals surface area (Å²) in [4.78, 5) is 17.0. The lowest BCUT2D eigenvalue weighted by atomic mass is 9.83. The number of halogens is 6. The molecule has 0 radical (unpaired) electrons. The molecule has 0 unspecified atom stereocenters. The van der Waals surface area contributed by atoms with E-state index in [1.807, 2.05) is 0 Å². The van der Waals surface area contributed by atoms with Gasteiger partial charge in [0.05, 0.1) is 30.1 Å². The quantitative estimate of drug-likeness (QED) is 0.330. The van der Waals surface area contributed by atoms with Crippen LogP contribution in [0.25, 0.3) is 0 Å². The van der Waals surface area contributed by atoms with Crippen LogP contribution in [0.3, 0.4) is 0 Å². The normalized spacial score (nSPS) is 20.5. The van der Waals surface area contributed by atoms with Crippen LogP contribution in [-0.4, -0.2) is 60.4 Å². The first-order valence-corrected chi connectivity index (χ1v) is 14.4. The van der Waals surface area contributed by atoms with E-state index in [4.69, 9.17) is 11.6 Å². The number of nitrogens with one attached hydrogen (secondary N) is 2. The van der Waals surface area contributed by atoms with Gasteiger partial charge in [0, 0.05) is 36.5 Å². The molecular formula is C25H32ClF5N4O3S. The Balaban J connectivity index is 1.66. The van der Waals surface area contributed by atoms with E-state index in [0.29, 0.717) is 16.4 Å². The van der Waals surface area contributed by atoms with E-state index in [9.17, 15) is 35.2 Å². The molecule has 1 aliphatic heterocycles. The number of nitrogens with zero attached hydrogens (tertiary/aromatic N) is 2. The van der Waals surface area contributed by atoms with Crippen molar-refractivity contribution in [2.24, 2.45) is 10.9 Å². The number of carbonyl (C=O) groups excluding carboxylic acids is 1. The predicted octanol–water partition coefficient (Wildman–Crippen LogP) is 5.03. The lowest BCUT2D eigenvalue weighted by Gasteiger charge is -2.36. The molecule has 14 heteroatoms. The highest BCUT2D eigenvalue weighted by Crippen LogP contribution is 2.43. The molecule has 0 spiro atoms. The molecule has 1 heterocycles. The van der Waals surface area contributed by atoms with Gasteiger partial charge in [0.2, 0.25) is 21.9 Å². The average Bonchev–Trinajstić information content (AvgIpc) is 3.08. The predicted molar refractivity (Wildman–Crippen MR) is 139 cm³/mol. The number of sulfonamides is 1. The second kappa shape index (κ2) is 11.6. The Morgan fingerprint density at radius 1 is 1.23 bits per heavy atom. The standard InChI is InChI=1S/C25H32ClF5N4O3S/c1-16(4-9-20-33-21(23(2,3)34-20)22(36)32-11-10-25(29,30)31)35(14-17-5-7-19(26)8-6-17)39(37,38)15-18-12-24(27,28)13-18/h5-8,18,21H,1,4,9-15H2,2-3H3,(H,32,36)(H,33,34)/t21-/m0/s1. The van der Waals surface area contributed by atoms with Crippen LogP contribution in [-0.2, 0) is 21.4 Å². The minimum atomic E-state index is -4.40. The Morgan fingerprint density at radius 3 is 2.41 bits per heavy atom. The van der Waals surface area contributed by atoms with Crippen molar-refractivity contribution in [2.45, 2.75) is 76.2 Å². The van der Waals surface area contributed by atoms with Crippen LogP contribution in [0.5, 0.6) is 0 Å². The van der Waals surface area contributed by atoms with Crippen LogP contribution >= 0.6 is 11.6 Å². The lowest BCUT2D eigenvalue weighted by Crippen LogP contribution is -2.52. The third-order valence-corrected chi connectivity index (χ3v) is 8.81. The molecule has 0 saturated heterocycles. The number of benzene rings is 1. The highest BCUT2D eigenvalue weighted by Gasteiger charge is 2.47. The Kier molecular flexibility index (Phi) is 9.26. The Hall–Kier alpha value is -2.41. The fourth-order valence-electron chi connectivity index (χ4n) is 4.57. The third-order valence-electron chi connectivity index (χ3n) is 6.61. The molecule has 39 heavy (non-hydrogen) atoms. The summed E-state index contributed by atoms with van der Waals surface area (Å²) in [7, 11) is -4.00. The summed E-state index contributed by atoms with van der Waals surface area (Å²) < 4.78 is 91.6. The molecule has 1 saturated carbocycles. The first kappa shape index (κ1) is 31.1. The number of carbonyl (C=O) groups is 1. The first-order valence-electron chi connectivity index (χ1n) is 12.4. The van der Waals surface area contributed by atoms with Crippen molar-refractivity contribution in [1.29, 1.82) is 0 Å². The van der Waals surface area contributed by atoms with E-state index in [1.54, 1.807) is 38.1 Å². The number of aliphatic imine (C=N–C) groups is 1. The minimum absolute atomic E-state index is 0.0723. The summed E-state index contributed by atoms with van der Waals surface area (Å²) in [6.45, 7) is 6.61. The molecule has 2 aliphatic rings. The molecule has 1 fully saturated rings. The zero-order chi connectivity index (χ0) is 29.2. The van der Waals surface area contributed by atoms with Gasteiger partial charge in [-0.15, -0.1) is 0 Å². The van der Waals surface area contributed by atoms with E-state index >= 15 is 0 Å². The van der Waals surface area contributed by atoms with Crippen molar-refractivity contribution in [3.63, 3.8) is 0 Å². The summed E-state index contributed by atoms with van der Waals surface area (Å²) in [5.74, 6) is -4.22. The van der Waals surface area contributed by atoms with Crippen molar-refractivity contribution in [1.82, 2.24) is 14.9 Å². The van der Waals surface area contributed by atoms with Crippen LogP contribution in [0.4, 0.5) is 22.0 Å². The zero-order valence-electron chi connectivity index (χ0n) is 21.6. The highest BCUT2D eigenvalue weighted by molar-refractivity contribution is 7.89. The molecule has 218 valence electrons. The highest BCUT2D eigenvalue weighted by atomic mass is 35.5. The SMILES string of the molecule is C=C(CCC1=NC(C)(C)[C@H](C(=O)NCCC(F)(F)F)N1)N(Cc1ccc(Cl)cc1)S(=O)(=O)CC1CC(F)(F)C1. The van der Waals surface area contributed by atoms with Gasteiger partial charge in [0.1, 0.15) is 6.04 Å². The molecule has 0 bridgehead atoms. The van der Waals surface area contributed by atoms with Gasteiger partial charge in [-0.25, -0.2) is 17.2 Å². The van der Waals surface area contributed by atoms with Gasteiger partial charge >= 0.3 is 6.18 Å². The maximum absolute atomic E-state index is 13.3. The first-order chi connectivity index (χ1) is 17.9. The van der Waals surface area contributed by atoms with Crippen LogP contribution in [0.15, 0.2) is 41.5 Å². The second-order valence-electron chi connectivity index (χ2n) is 10.6. The summed E-state index contributed by atoms with van der Waals surface area (Å²) in [5.41, 5.74) is -0.128. The van der Waals surface area contributed by atoms with E-state index in [1.165, 1.54) is 0 Å². The molecule has 2 N–H and O–H groups in total. The topological polar surface area (TPSA) is 90.9 Å². The van der Waals surface area contributed by atoms with Gasteiger partial charge in [-0.3, -0.25) is 14.1 Å². The molecule has 3 rings (SSSR count). The summed E-state index contributed by atoms with van der Waals surface area (Å²) in [5, 5.41) is 5.66. The number of hydrogen-bond donors (Lipinski definition) is 2. The minimum Gasteiger partial charge on any atom is -0.360 e. The fourth-order valence-corrected chi connectivity index (χ4v) is 6.54.